The summed E-state index contributed by atoms with van der Waals surface area (Å²) in [6, 6.07) is 19.0. The van der Waals surface area contributed by atoms with E-state index in [-0.39, 0.29) is 23.8 Å². The first-order valence-corrected chi connectivity index (χ1v) is 9.74. The fourth-order valence-corrected chi connectivity index (χ4v) is 5.19. The van der Waals surface area contributed by atoms with Gasteiger partial charge in [0.1, 0.15) is 0 Å². The molecule has 4 heteroatoms. The van der Waals surface area contributed by atoms with Gasteiger partial charge in [0.25, 0.3) is 0 Å². The van der Waals surface area contributed by atoms with Crippen LogP contribution >= 0.6 is 0 Å². The van der Waals surface area contributed by atoms with Gasteiger partial charge >= 0.3 is 5.97 Å². The molecule has 4 nitrogen and oxygen atoms in total. The Morgan fingerprint density at radius 1 is 1.07 bits per heavy atom. The molecule has 0 saturated carbocycles. The summed E-state index contributed by atoms with van der Waals surface area (Å²) in [7, 11) is 1.51. The van der Waals surface area contributed by atoms with Crippen LogP contribution in [0.15, 0.2) is 54.6 Å². The highest BCUT2D eigenvalue weighted by Gasteiger charge is 2.47. The number of H-pyrrole nitrogens is 1. The molecule has 2 aliphatic rings. The van der Waals surface area contributed by atoms with Gasteiger partial charge in [0, 0.05) is 29.1 Å². The average molecular weight is 360 g/mol. The van der Waals surface area contributed by atoms with E-state index in [1.54, 1.807) is 0 Å². The Morgan fingerprint density at radius 3 is 2.67 bits per heavy atom. The summed E-state index contributed by atoms with van der Waals surface area (Å²) in [4.78, 5) is 19.1. The van der Waals surface area contributed by atoms with Crippen LogP contribution in [-0.2, 0) is 16.0 Å². The number of rotatable bonds is 2. The molecule has 0 unspecified atom stereocenters. The number of esters is 1. The molecule has 2 aliphatic heterocycles. The van der Waals surface area contributed by atoms with E-state index in [0.29, 0.717) is 0 Å². The first kappa shape index (κ1) is 16.6. The molecule has 27 heavy (non-hydrogen) atoms. The number of hydrogen-bond donors (Lipinski definition) is 1. The number of para-hydroxylation sites is 1. The van der Waals surface area contributed by atoms with Crippen LogP contribution in [0.3, 0.4) is 0 Å². The van der Waals surface area contributed by atoms with E-state index in [4.69, 9.17) is 4.74 Å². The summed E-state index contributed by atoms with van der Waals surface area (Å²) in [6.45, 7) is 2.00. The predicted octanol–water partition coefficient (Wildman–Crippen LogP) is 4.04. The number of hydrogen-bond acceptors (Lipinski definition) is 3. The number of carbonyl (C=O) groups excluding carboxylic acids is 1. The topological polar surface area (TPSA) is 45.3 Å². The molecule has 0 spiro atoms. The number of aromatic amines is 1. The van der Waals surface area contributed by atoms with E-state index in [1.165, 1.54) is 29.3 Å². The molecule has 3 aromatic rings. The second kappa shape index (κ2) is 6.54. The normalized spacial score (nSPS) is 25.0. The maximum absolute atomic E-state index is 13.0. The lowest BCUT2D eigenvalue weighted by Gasteiger charge is -2.46. The smallest absolute Gasteiger partial charge is 0.311 e. The average Bonchev–Trinajstić information content (AvgIpc) is 3.12. The third-order valence-corrected chi connectivity index (χ3v) is 6.39. The largest absolute Gasteiger partial charge is 0.469 e. The standard InChI is InChI=1S/C23H24N2O2/c1-27-23(26)20-16(15-7-3-2-4-8-15)11-13-25-14-12-18-17-9-5-6-10-19(17)24-21(18)22(20)25/h2-10,16,20,22,24H,11-14H2,1H3/t16-,20-,22+/m0/s1. The summed E-state index contributed by atoms with van der Waals surface area (Å²) in [5.41, 5.74) is 4.97. The van der Waals surface area contributed by atoms with Gasteiger partial charge in [-0.25, -0.2) is 0 Å². The molecule has 1 fully saturated rings. The molecule has 0 radical (unpaired) electrons. The molecule has 2 aromatic carbocycles. The molecule has 3 heterocycles. The van der Waals surface area contributed by atoms with E-state index in [2.05, 4.69) is 58.4 Å². The Labute approximate surface area is 159 Å². The number of nitrogens with zero attached hydrogens (tertiary/aromatic N) is 1. The van der Waals surface area contributed by atoms with Crippen molar-refractivity contribution in [2.24, 2.45) is 5.92 Å². The highest BCUT2D eigenvalue weighted by atomic mass is 16.5. The summed E-state index contributed by atoms with van der Waals surface area (Å²) < 4.78 is 5.30. The maximum Gasteiger partial charge on any atom is 0.311 e. The van der Waals surface area contributed by atoms with Gasteiger partial charge in [-0.05, 0) is 36.6 Å². The highest BCUT2D eigenvalue weighted by molar-refractivity contribution is 5.86. The molecule has 138 valence electrons. The van der Waals surface area contributed by atoms with E-state index < -0.39 is 0 Å². The highest BCUT2D eigenvalue weighted by Crippen LogP contribution is 2.48. The minimum atomic E-state index is -0.196. The van der Waals surface area contributed by atoms with E-state index in [0.717, 1.165) is 31.4 Å². The zero-order valence-corrected chi connectivity index (χ0v) is 15.5. The molecule has 0 aliphatic carbocycles. The van der Waals surface area contributed by atoms with Crippen molar-refractivity contribution >= 4 is 16.9 Å². The zero-order valence-electron chi connectivity index (χ0n) is 15.5. The van der Waals surface area contributed by atoms with Crippen molar-refractivity contribution in [3.63, 3.8) is 0 Å². The Kier molecular flexibility index (Phi) is 4.01. The number of methoxy groups -OCH3 is 1. The number of aromatic nitrogens is 1. The lowest BCUT2D eigenvalue weighted by Crippen LogP contribution is -2.48. The Bertz CT molecular complexity index is 978. The van der Waals surface area contributed by atoms with Gasteiger partial charge in [-0.2, -0.15) is 0 Å². The van der Waals surface area contributed by atoms with Crippen molar-refractivity contribution < 1.29 is 9.53 Å². The van der Waals surface area contributed by atoms with Crippen LogP contribution in [-0.4, -0.2) is 36.1 Å². The Morgan fingerprint density at radius 2 is 1.85 bits per heavy atom. The van der Waals surface area contributed by atoms with E-state index in [1.807, 2.05) is 6.07 Å². The Hall–Kier alpha value is -2.59. The van der Waals surface area contributed by atoms with Gasteiger partial charge in [0.2, 0.25) is 0 Å². The third kappa shape index (κ3) is 2.59. The van der Waals surface area contributed by atoms with E-state index in [9.17, 15) is 4.79 Å². The lowest BCUT2D eigenvalue weighted by atomic mass is 9.73. The molecule has 3 atom stereocenters. The number of carbonyl (C=O) groups is 1. The van der Waals surface area contributed by atoms with Gasteiger partial charge in [-0.3, -0.25) is 9.69 Å². The van der Waals surface area contributed by atoms with Crippen LogP contribution in [0, 0.1) is 5.92 Å². The van der Waals surface area contributed by atoms with Crippen LogP contribution in [0.4, 0.5) is 0 Å². The molecule has 1 aromatic heterocycles. The molecule has 1 saturated heterocycles. The summed E-state index contributed by atoms with van der Waals surface area (Å²) in [6.07, 6.45) is 2.01. The minimum absolute atomic E-state index is 0.0487. The number of benzene rings is 2. The van der Waals surface area contributed by atoms with Crippen molar-refractivity contribution in [2.45, 2.75) is 24.8 Å². The number of nitrogens with one attached hydrogen (secondary N) is 1. The Balaban J connectivity index is 1.65. The van der Waals surface area contributed by atoms with Gasteiger partial charge < -0.3 is 9.72 Å². The van der Waals surface area contributed by atoms with Crippen LogP contribution in [0.5, 0.6) is 0 Å². The fraction of sp³-hybridized carbons (Fsp3) is 0.348. The number of fused-ring (bicyclic) bond motifs is 5. The summed E-state index contributed by atoms with van der Waals surface area (Å²) >= 11 is 0. The number of ether oxygens (including phenoxy) is 1. The van der Waals surface area contributed by atoms with Crippen LogP contribution < -0.4 is 0 Å². The van der Waals surface area contributed by atoms with Crippen LogP contribution in [0.1, 0.15) is 35.2 Å². The first-order chi connectivity index (χ1) is 13.3. The van der Waals surface area contributed by atoms with Crippen molar-refractivity contribution in [3.8, 4) is 0 Å². The van der Waals surface area contributed by atoms with Gasteiger partial charge in [0.15, 0.2) is 0 Å². The first-order valence-electron chi connectivity index (χ1n) is 9.74. The SMILES string of the molecule is COC(=O)[C@H]1[C@H](c2ccccc2)CCN2CCc3c([nH]c4ccccc34)[C@@H]12. The lowest BCUT2D eigenvalue weighted by molar-refractivity contribution is -0.151. The molecule has 0 bridgehead atoms. The predicted molar refractivity (Wildman–Crippen MR) is 106 cm³/mol. The maximum atomic E-state index is 13.0. The second-order valence-electron chi connectivity index (χ2n) is 7.65. The van der Waals surface area contributed by atoms with Crippen molar-refractivity contribution in [1.82, 2.24) is 9.88 Å². The fourth-order valence-electron chi connectivity index (χ4n) is 5.19. The zero-order chi connectivity index (χ0) is 18.4. The van der Waals surface area contributed by atoms with Gasteiger partial charge in [-0.15, -0.1) is 0 Å². The molecule has 1 N–H and O–H groups in total. The summed E-state index contributed by atoms with van der Waals surface area (Å²) in [5.74, 6) is -0.124. The monoisotopic (exact) mass is 360 g/mol. The van der Waals surface area contributed by atoms with E-state index >= 15 is 0 Å². The van der Waals surface area contributed by atoms with Crippen LogP contribution in [0.2, 0.25) is 0 Å². The van der Waals surface area contributed by atoms with Crippen molar-refractivity contribution in [2.75, 3.05) is 20.2 Å². The second-order valence-corrected chi connectivity index (χ2v) is 7.65. The van der Waals surface area contributed by atoms with Gasteiger partial charge in [0.05, 0.1) is 19.1 Å². The van der Waals surface area contributed by atoms with Crippen molar-refractivity contribution in [3.05, 3.63) is 71.4 Å². The number of piperidine rings is 1. The molecule has 0 amide bonds. The molecular formula is C23H24N2O2. The summed E-state index contributed by atoms with van der Waals surface area (Å²) in [5, 5.41) is 1.29. The quantitative estimate of drug-likeness (QED) is 0.702. The minimum Gasteiger partial charge on any atom is -0.469 e. The molecular weight excluding hydrogens is 336 g/mol. The van der Waals surface area contributed by atoms with Crippen molar-refractivity contribution in [1.29, 1.82) is 0 Å². The van der Waals surface area contributed by atoms with Crippen LogP contribution in [0.25, 0.3) is 10.9 Å². The third-order valence-electron chi connectivity index (χ3n) is 6.39. The van der Waals surface area contributed by atoms with Gasteiger partial charge in [-0.1, -0.05) is 48.5 Å². The molecule has 5 rings (SSSR count).